The number of halogens is 1. The molecule has 156 valence electrons. The van der Waals surface area contributed by atoms with E-state index >= 15 is 0 Å². The van der Waals surface area contributed by atoms with Gasteiger partial charge in [-0.15, -0.1) is 0 Å². The number of sulfonamides is 1. The Balaban J connectivity index is 2.42. The number of aryl methyl sites for hydroxylation is 1. The van der Waals surface area contributed by atoms with E-state index in [1.54, 1.807) is 17.7 Å². The van der Waals surface area contributed by atoms with Crippen LogP contribution in [0.15, 0.2) is 23.1 Å². The number of aromatic carboxylic acids is 1. The summed E-state index contributed by atoms with van der Waals surface area (Å²) in [5, 5.41) is 11.5. The molecule has 0 spiro atoms. The molecule has 0 saturated carbocycles. The van der Waals surface area contributed by atoms with E-state index in [1.807, 2.05) is 6.92 Å². The lowest BCUT2D eigenvalue weighted by Crippen LogP contribution is -2.36. The maximum Gasteiger partial charge on any atom is 0.337 e. The van der Waals surface area contributed by atoms with Crippen molar-refractivity contribution in [2.75, 3.05) is 12.4 Å². The number of amides is 2. The van der Waals surface area contributed by atoms with E-state index in [1.165, 1.54) is 19.2 Å². The first-order valence-corrected chi connectivity index (χ1v) is 10.3. The molecule has 0 fully saturated rings. The lowest BCUT2D eigenvalue weighted by Gasteiger charge is -2.16. The zero-order valence-electron chi connectivity index (χ0n) is 15.8. The molecule has 2 rings (SSSR count). The van der Waals surface area contributed by atoms with E-state index in [-0.39, 0.29) is 23.4 Å². The molecule has 10 nitrogen and oxygen atoms in total. The summed E-state index contributed by atoms with van der Waals surface area (Å²) in [5.41, 5.74) is 0.564. The molecule has 3 N–H and O–H groups in total. The van der Waals surface area contributed by atoms with Gasteiger partial charge in [-0.1, -0.05) is 31.5 Å². The molecule has 1 aromatic carbocycles. The van der Waals surface area contributed by atoms with Crippen LogP contribution in [0.1, 0.15) is 35.3 Å². The average Bonchev–Trinajstić information content (AvgIpc) is 2.65. The standard InChI is InChI=1S/C17H19ClN4O6S/c1-4-9-6-7-11(15(23)24)14(10(9)5-2)29(26,27)22-17(25)21-16-19-12(18)8-13(20-16)28-3/h6-8H,4-5H2,1-3H3,(H,23,24)(H2,19,20,21,22,25). The van der Waals surface area contributed by atoms with Crippen molar-refractivity contribution in [1.29, 1.82) is 0 Å². The largest absolute Gasteiger partial charge is 0.481 e. The molecule has 0 bridgehead atoms. The Morgan fingerprint density at radius 2 is 1.90 bits per heavy atom. The van der Waals surface area contributed by atoms with Gasteiger partial charge in [0.15, 0.2) is 0 Å². The second kappa shape index (κ2) is 9.05. The number of hydrogen-bond donors (Lipinski definition) is 3. The number of carbonyl (C=O) groups excluding carboxylic acids is 1. The van der Waals surface area contributed by atoms with Gasteiger partial charge < -0.3 is 9.84 Å². The van der Waals surface area contributed by atoms with Gasteiger partial charge >= 0.3 is 12.0 Å². The van der Waals surface area contributed by atoms with Gasteiger partial charge in [-0.25, -0.2) is 27.7 Å². The summed E-state index contributed by atoms with van der Waals surface area (Å²) < 4.78 is 32.4. The van der Waals surface area contributed by atoms with Crippen LogP contribution in [0.25, 0.3) is 0 Å². The highest BCUT2D eigenvalue weighted by Crippen LogP contribution is 2.26. The summed E-state index contributed by atoms with van der Waals surface area (Å²) in [5.74, 6) is -1.66. The molecule has 2 amide bonds. The van der Waals surface area contributed by atoms with Crippen molar-refractivity contribution < 1.29 is 27.9 Å². The lowest BCUT2D eigenvalue weighted by atomic mass is 10.00. The van der Waals surface area contributed by atoms with E-state index in [2.05, 4.69) is 15.3 Å². The number of urea groups is 1. The van der Waals surface area contributed by atoms with Crippen LogP contribution in [0.5, 0.6) is 5.88 Å². The van der Waals surface area contributed by atoms with E-state index in [0.29, 0.717) is 17.5 Å². The molecule has 0 aliphatic carbocycles. The highest BCUT2D eigenvalue weighted by Gasteiger charge is 2.29. The Hall–Kier alpha value is -2.92. The SMILES string of the molecule is CCc1ccc(C(=O)O)c(S(=O)(=O)NC(=O)Nc2nc(Cl)cc(OC)n2)c1CC. The van der Waals surface area contributed by atoms with Crippen molar-refractivity contribution >= 4 is 39.6 Å². The van der Waals surface area contributed by atoms with Crippen LogP contribution in [-0.4, -0.2) is 42.6 Å². The second-order valence-corrected chi connectivity index (χ2v) is 7.71. The molecule has 0 atom stereocenters. The number of carboxylic acid groups (broad SMARTS) is 1. The summed E-state index contributed by atoms with van der Waals surface area (Å²) in [7, 11) is -3.19. The Kier molecular flexibility index (Phi) is 6.98. The van der Waals surface area contributed by atoms with Gasteiger partial charge in [0.2, 0.25) is 11.8 Å². The fraction of sp³-hybridized carbons (Fsp3) is 0.294. The molecular weight excluding hydrogens is 424 g/mol. The van der Waals surface area contributed by atoms with Crippen molar-refractivity contribution in [3.8, 4) is 5.88 Å². The van der Waals surface area contributed by atoms with Crippen LogP contribution >= 0.6 is 11.6 Å². The van der Waals surface area contributed by atoms with E-state index < -0.39 is 32.5 Å². The molecule has 2 aromatic rings. The van der Waals surface area contributed by atoms with Crippen LogP contribution in [0.2, 0.25) is 5.15 Å². The number of carbonyl (C=O) groups is 2. The van der Waals surface area contributed by atoms with E-state index in [4.69, 9.17) is 16.3 Å². The summed E-state index contributed by atoms with van der Waals surface area (Å²) >= 11 is 5.78. The molecule has 0 aliphatic heterocycles. The minimum Gasteiger partial charge on any atom is -0.481 e. The first-order valence-electron chi connectivity index (χ1n) is 8.43. The van der Waals surface area contributed by atoms with Gasteiger partial charge in [-0.3, -0.25) is 5.32 Å². The maximum absolute atomic E-state index is 12.9. The quantitative estimate of drug-likeness (QED) is 0.554. The first kappa shape index (κ1) is 22.4. The summed E-state index contributed by atoms with van der Waals surface area (Å²) in [6, 6.07) is 2.88. The zero-order chi connectivity index (χ0) is 21.8. The molecule has 29 heavy (non-hydrogen) atoms. The van der Waals surface area contributed by atoms with Crippen molar-refractivity contribution in [2.24, 2.45) is 0 Å². The zero-order valence-corrected chi connectivity index (χ0v) is 17.4. The van der Waals surface area contributed by atoms with E-state index in [0.717, 1.165) is 0 Å². The number of hydrogen-bond acceptors (Lipinski definition) is 7. The van der Waals surface area contributed by atoms with Gasteiger partial charge in [0.05, 0.1) is 12.7 Å². The third-order valence-electron chi connectivity index (χ3n) is 3.92. The Labute approximate surface area is 172 Å². The predicted octanol–water partition coefficient (Wildman–Crippen LogP) is 2.47. The number of ether oxygens (including phenoxy) is 1. The molecule has 1 aromatic heterocycles. The van der Waals surface area contributed by atoms with Gasteiger partial charge in [0, 0.05) is 6.07 Å². The molecular formula is C17H19ClN4O6S. The fourth-order valence-electron chi connectivity index (χ4n) is 2.72. The minimum absolute atomic E-state index is 0.0351. The predicted molar refractivity (Wildman–Crippen MR) is 105 cm³/mol. The van der Waals surface area contributed by atoms with Crippen molar-refractivity contribution in [2.45, 2.75) is 31.6 Å². The number of aromatic nitrogens is 2. The average molecular weight is 443 g/mol. The number of benzene rings is 1. The Bertz CT molecular complexity index is 1060. The van der Waals surface area contributed by atoms with Crippen LogP contribution < -0.4 is 14.8 Å². The third-order valence-corrected chi connectivity index (χ3v) is 5.58. The molecule has 12 heteroatoms. The summed E-state index contributed by atoms with van der Waals surface area (Å²) in [6.45, 7) is 3.51. The number of anilines is 1. The normalized spacial score (nSPS) is 11.0. The fourth-order valence-corrected chi connectivity index (χ4v) is 4.34. The molecule has 0 aliphatic rings. The number of carboxylic acids is 1. The molecule has 1 heterocycles. The minimum atomic E-state index is -4.52. The van der Waals surface area contributed by atoms with Crippen LogP contribution in [-0.2, 0) is 22.9 Å². The number of rotatable bonds is 7. The van der Waals surface area contributed by atoms with E-state index in [9.17, 15) is 23.1 Å². The number of nitrogens with zero attached hydrogens (tertiary/aromatic N) is 2. The number of nitrogens with one attached hydrogen (secondary N) is 2. The van der Waals surface area contributed by atoms with Crippen LogP contribution in [0.3, 0.4) is 0 Å². The third kappa shape index (κ3) is 5.12. The smallest absolute Gasteiger partial charge is 0.337 e. The van der Waals surface area contributed by atoms with Crippen molar-refractivity contribution in [3.05, 3.63) is 40.0 Å². The second-order valence-electron chi connectivity index (χ2n) is 5.71. The lowest BCUT2D eigenvalue weighted by molar-refractivity contribution is 0.0692. The number of methoxy groups -OCH3 is 1. The monoisotopic (exact) mass is 442 g/mol. The summed E-state index contributed by atoms with van der Waals surface area (Å²) in [4.78, 5) is 30.9. The van der Waals surface area contributed by atoms with Gasteiger partial charge in [0.25, 0.3) is 10.0 Å². The van der Waals surface area contributed by atoms with Gasteiger partial charge in [-0.2, -0.15) is 4.98 Å². The van der Waals surface area contributed by atoms with Gasteiger partial charge in [0.1, 0.15) is 10.0 Å². The maximum atomic E-state index is 12.9. The van der Waals surface area contributed by atoms with Crippen molar-refractivity contribution in [3.63, 3.8) is 0 Å². The summed E-state index contributed by atoms with van der Waals surface area (Å²) in [6.07, 6.45) is 0.755. The molecule has 0 unspecified atom stereocenters. The van der Waals surface area contributed by atoms with Crippen LogP contribution in [0, 0.1) is 0 Å². The highest BCUT2D eigenvalue weighted by atomic mass is 35.5. The molecule has 0 saturated heterocycles. The van der Waals surface area contributed by atoms with Crippen LogP contribution in [0.4, 0.5) is 10.7 Å². The topological polar surface area (TPSA) is 148 Å². The Morgan fingerprint density at radius 1 is 1.21 bits per heavy atom. The van der Waals surface area contributed by atoms with Crippen molar-refractivity contribution in [1.82, 2.24) is 14.7 Å². The van der Waals surface area contributed by atoms with Gasteiger partial charge in [-0.05, 0) is 30.0 Å². The Morgan fingerprint density at radius 3 is 2.45 bits per heavy atom. The first-order chi connectivity index (χ1) is 13.6. The highest BCUT2D eigenvalue weighted by molar-refractivity contribution is 7.90. The molecule has 0 radical (unpaired) electrons.